The molecule has 4 aliphatic carbocycles. The number of fused-ring (bicyclic) bond motifs is 5. The fourth-order valence-electron chi connectivity index (χ4n) is 7.37. The first-order valence-electron chi connectivity index (χ1n) is 10.8. The molecule has 0 saturated heterocycles. The molecule has 7 atom stereocenters. The van der Waals surface area contributed by atoms with Gasteiger partial charge in [-0.3, -0.25) is 14.4 Å². The van der Waals surface area contributed by atoms with E-state index in [9.17, 15) is 14.4 Å². The van der Waals surface area contributed by atoms with Gasteiger partial charge in [0.2, 0.25) is 5.91 Å². The molecule has 158 valence electrons. The Bertz CT molecular complexity index is 668. The molecule has 4 rings (SSSR count). The molecule has 1 unspecified atom stereocenters. The quantitative estimate of drug-likeness (QED) is 0.748. The topological polar surface area (TPSA) is 89.3 Å². The van der Waals surface area contributed by atoms with Gasteiger partial charge in [-0.15, -0.1) is 12.4 Å². The van der Waals surface area contributed by atoms with E-state index in [0.717, 1.165) is 38.5 Å². The van der Waals surface area contributed by atoms with E-state index < -0.39 is 0 Å². The Hall–Kier alpha value is -0.940. The van der Waals surface area contributed by atoms with E-state index in [2.05, 4.69) is 19.2 Å². The normalized spacial score (nSPS) is 44.8. The number of nitrogens with two attached hydrogens (primary N) is 1. The Kier molecular flexibility index (Phi) is 6.00. The minimum atomic E-state index is -0.182. The Labute approximate surface area is 174 Å². The summed E-state index contributed by atoms with van der Waals surface area (Å²) in [5.41, 5.74) is 5.33. The minimum absolute atomic E-state index is 0. The van der Waals surface area contributed by atoms with Crippen molar-refractivity contribution in [3.8, 4) is 0 Å². The highest BCUT2D eigenvalue weighted by atomic mass is 35.5. The Balaban J connectivity index is 0.00000225. The standard InChI is InChI=1S/C22H34N2O3.ClH/c1-21-8-5-13(24-20(27)7-10-23)11-17(21)18(25)12-14-15-3-4-19(26)22(15,2)9-6-16(14)21;/h13-17H,3-12,23H2,1-2H3,(H,24,27);1H/t13?,14-,15-,16-,17+,21+,22-;/m0./s1. The smallest absolute Gasteiger partial charge is 0.221 e. The molecule has 0 aromatic heterocycles. The van der Waals surface area contributed by atoms with Crippen LogP contribution >= 0.6 is 12.4 Å². The van der Waals surface area contributed by atoms with Crippen LogP contribution in [-0.2, 0) is 14.4 Å². The van der Waals surface area contributed by atoms with Gasteiger partial charge in [-0.25, -0.2) is 0 Å². The Morgan fingerprint density at radius 3 is 2.61 bits per heavy atom. The van der Waals surface area contributed by atoms with Crippen LogP contribution in [0.15, 0.2) is 0 Å². The van der Waals surface area contributed by atoms with Crippen molar-refractivity contribution in [1.29, 1.82) is 0 Å². The highest BCUT2D eigenvalue weighted by Crippen LogP contribution is 2.64. The van der Waals surface area contributed by atoms with Crippen molar-refractivity contribution in [1.82, 2.24) is 5.32 Å². The van der Waals surface area contributed by atoms with Crippen LogP contribution in [0.4, 0.5) is 0 Å². The second-order valence-corrected chi connectivity index (χ2v) is 10.1. The van der Waals surface area contributed by atoms with Gasteiger partial charge < -0.3 is 11.1 Å². The number of amides is 1. The van der Waals surface area contributed by atoms with Crippen LogP contribution < -0.4 is 11.1 Å². The number of carbonyl (C=O) groups is 3. The summed E-state index contributed by atoms with van der Waals surface area (Å²) in [6, 6.07) is 0.101. The van der Waals surface area contributed by atoms with Crippen molar-refractivity contribution in [3.05, 3.63) is 0 Å². The van der Waals surface area contributed by atoms with Crippen LogP contribution in [0.3, 0.4) is 0 Å². The maximum absolute atomic E-state index is 13.2. The number of Topliss-reactive ketones (excluding diaryl/α,β-unsaturated/α-hetero) is 2. The predicted molar refractivity (Wildman–Crippen MR) is 110 cm³/mol. The van der Waals surface area contributed by atoms with Crippen molar-refractivity contribution in [2.75, 3.05) is 6.54 Å². The first kappa shape index (κ1) is 21.8. The molecule has 4 saturated carbocycles. The van der Waals surface area contributed by atoms with Crippen molar-refractivity contribution in [3.63, 3.8) is 0 Å². The third-order valence-electron chi connectivity index (χ3n) is 8.90. The maximum atomic E-state index is 13.2. The van der Waals surface area contributed by atoms with Crippen LogP contribution in [0, 0.1) is 34.5 Å². The summed E-state index contributed by atoms with van der Waals surface area (Å²) < 4.78 is 0. The Morgan fingerprint density at radius 1 is 1.14 bits per heavy atom. The fraction of sp³-hybridized carbons (Fsp3) is 0.864. The van der Waals surface area contributed by atoms with Gasteiger partial charge in [-0.05, 0) is 61.7 Å². The van der Waals surface area contributed by atoms with Gasteiger partial charge in [0.25, 0.3) is 0 Å². The lowest BCUT2D eigenvalue weighted by Gasteiger charge is -2.59. The lowest BCUT2D eigenvalue weighted by molar-refractivity contribution is -0.157. The summed E-state index contributed by atoms with van der Waals surface area (Å²) in [6.07, 6.45) is 7.45. The van der Waals surface area contributed by atoms with Crippen molar-refractivity contribution < 1.29 is 14.4 Å². The summed E-state index contributed by atoms with van der Waals surface area (Å²) in [5, 5.41) is 3.10. The highest BCUT2D eigenvalue weighted by molar-refractivity contribution is 5.88. The first-order chi connectivity index (χ1) is 12.8. The number of nitrogens with one attached hydrogen (secondary N) is 1. The molecule has 6 heteroatoms. The highest BCUT2D eigenvalue weighted by Gasteiger charge is 2.62. The number of hydrogen-bond donors (Lipinski definition) is 2. The molecule has 28 heavy (non-hydrogen) atoms. The van der Waals surface area contributed by atoms with E-state index in [4.69, 9.17) is 5.73 Å². The zero-order valence-electron chi connectivity index (χ0n) is 17.2. The zero-order chi connectivity index (χ0) is 19.4. The fourth-order valence-corrected chi connectivity index (χ4v) is 7.37. The van der Waals surface area contributed by atoms with Crippen LogP contribution in [-0.4, -0.2) is 30.1 Å². The SMILES string of the molecule is C[C@]12CCC(NC(=O)CCN)C[C@@H]1C(=O)C[C@@H]1[C@@H]2CC[C@]2(C)C(=O)CC[C@@H]12.Cl. The van der Waals surface area contributed by atoms with Crippen molar-refractivity contribution >= 4 is 29.9 Å². The molecule has 0 bridgehead atoms. The molecule has 5 nitrogen and oxygen atoms in total. The average molecular weight is 411 g/mol. The van der Waals surface area contributed by atoms with E-state index in [1.807, 2.05) is 0 Å². The molecule has 0 aliphatic heterocycles. The van der Waals surface area contributed by atoms with Crippen molar-refractivity contribution in [2.45, 2.75) is 77.7 Å². The molecule has 0 aromatic rings. The maximum Gasteiger partial charge on any atom is 0.221 e. The second-order valence-electron chi connectivity index (χ2n) is 10.1. The van der Waals surface area contributed by atoms with Gasteiger partial charge in [-0.2, -0.15) is 0 Å². The summed E-state index contributed by atoms with van der Waals surface area (Å²) in [7, 11) is 0. The van der Waals surface area contributed by atoms with E-state index in [1.54, 1.807) is 0 Å². The average Bonchev–Trinajstić information content (AvgIpc) is 2.92. The number of carbonyl (C=O) groups excluding carboxylic acids is 3. The van der Waals surface area contributed by atoms with Gasteiger partial charge >= 0.3 is 0 Å². The van der Waals surface area contributed by atoms with Crippen LogP contribution in [0.25, 0.3) is 0 Å². The number of hydrogen-bond acceptors (Lipinski definition) is 4. The molecule has 3 N–H and O–H groups in total. The molecule has 4 aliphatic rings. The van der Waals surface area contributed by atoms with E-state index >= 15 is 0 Å². The molecule has 0 heterocycles. The van der Waals surface area contributed by atoms with Crippen LogP contribution in [0.1, 0.15) is 71.6 Å². The number of ketones is 2. The third-order valence-corrected chi connectivity index (χ3v) is 8.90. The Morgan fingerprint density at radius 2 is 1.89 bits per heavy atom. The number of rotatable bonds is 3. The molecule has 0 radical (unpaired) electrons. The summed E-state index contributed by atoms with van der Waals surface area (Å²) in [6.45, 7) is 4.84. The van der Waals surface area contributed by atoms with Crippen LogP contribution in [0.2, 0.25) is 0 Å². The number of halogens is 1. The van der Waals surface area contributed by atoms with Gasteiger partial charge in [0.15, 0.2) is 0 Å². The predicted octanol–water partition coefficient (Wildman–Crippen LogP) is 3.03. The van der Waals surface area contributed by atoms with Gasteiger partial charge in [-0.1, -0.05) is 13.8 Å². The molecule has 0 aromatic carbocycles. The molecule has 0 spiro atoms. The van der Waals surface area contributed by atoms with Crippen molar-refractivity contribution in [2.24, 2.45) is 40.2 Å². The summed E-state index contributed by atoms with van der Waals surface area (Å²) in [5.74, 6) is 2.18. The van der Waals surface area contributed by atoms with Crippen LogP contribution in [0.5, 0.6) is 0 Å². The van der Waals surface area contributed by atoms with Gasteiger partial charge in [0.05, 0.1) is 0 Å². The lowest BCUT2D eigenvalue weighted by atomic mass is 9.45. The zero-order valence-corrected chi connectivity index (χ0v) is 18.0. The first-order valence-corrected chi connectivity index (χ1v) is 10.8. The lowest BCUT2D eigenvalue weighted by Crippen LogP contribution is -2.58. The monoisotopic (exact) mass is 410 g/mol. The molecule has 4 fully saturated rings. The van der Waals surface area contributed by atoms with E-state index in [0.29, 0.717) is 55.1 Å². The summed E-state index contributed by atoms with van der Waals surface area (Å²) in [4.78, 5) is 37.7. The van der Waals surface area contributed by atoms with E-state index in [1.165, 1.54) is 0 Å². The van der Waals surface area contributed by atoms with E-state index in [-0.39, 0.29) is 41.1 Å². The minimum Gasteiger partial charge on any atom is -0.353 e. The summed E-state index contributed by atoms with van der Waals surface area (Å²) >= 11 is 0. The van der Waals surface area contributed by atoms with Gasteiger partial charge in [0.1, 0.15) is 11.6 Å². The second kappa shape index (κ2) is 7.71. The molecule has 1 amide bonds. The molecular weight excluding hydrogens is 376 g/mol. The largest absolute Gasteiger partial charge is 0.353 e. The molecular formula is C22H35ClN2O3. The van der Waals surface area contributed by atoms with Gasteiger partial charge in [0, 0.05) is 43.2 Å². The third kappa shape index (κ3) is 3.23.